The van der Waals surface area contributed by atoms with Gasteiger partial charge in [-0.1, -0.05) is 6.07 Å². The highest BCUT2D eigenvalue weighted by molar-refractivity contribution is 7.89. The molecule has 0 aliphatic carbocycles. The molecule has 27 heavy (non-hydrogen) atoms. The van der Waals surface area contributed by atoms with Gasteiger partial charge in [-0.15, -0.1) is 11.3 Å². The maximum atomic E-state index is 13.0. The zero-order valence-electron chi connectivity index (χ0n) is 14.9. The second-order valence-corrected chi connectivity index (χ2v) is 9.19. The largest absolute Gasteiger partial charge is 0.373 e. The van der Waals surface area contributed by atoms with E-state index in [4.69, 9.17) is 10.00 Å². The summed E-state index contributed by atoms with van der Waals surface area (Å²) in [6.07, 6.45) is -0.392. The first-order chi connectivity index (χ1) is 12.8. The summed E-state index contributed by atoms with van der Waals surface area (Å²) in [6.45, 7) is 4.19. The van der Waals surface area contributed by atoms with Crippen LogP contribution >= 0.6 is 11.3 Å². The molecule has 2 aromatic rings. The molecule has 0 radical (unpaired) electrons. The molecule has 1 aliphatic rings. The highest BCUT2D eigenvalue weighted by Gasteiger charge is 2.32. The third-order valence-electron chi connectivity index (χ3n) is 4.13. The third kappa shape index (κ3) is 4.20. The second-order valence-electron chi connectivity index (χ2n) is 6.34. The fraction of sp³-hybridized carbons (Fsp3) is 0.333. The number of morpholine rings is 1. The molecule has 0 spiro atoms. The van der Waals surface area contributed by atoms with Crippen molar-refractivity contribution >= 4 is 32.3 Å². The van der Waals surface area contributed by atoms with Gasteiger partial charge in [0.05, 0.1) is 22.7 Å². The van der Waals surface area contributed by atoms with Crippen molar-refractivity contribution in [2.45, 2.75) is 31.0 Å². The maximum Gasteiger partial charge on any atom is 0.256 e. The summed E-state index contributed by atoms with van der Waals surface area (Å²) in [5.74, 6) is -0.463. The van der Waals surface area contributed by atoms with Gasteiger partial charge in [-0.3, -0.25) is 4.79 Å². The van der Waals surface area contributed by atoms with E-state index >= 15 is 0 Å². The number of amides is 1. The lowest BCUT2D eigenvalue weighted by Gasteiger charge is -2.34. The quantitative estimate of drug-likeness (QED) is 0.843. The van der Waals surface area contributed by atoms with Crippen molar-refractivity contribution < 1.29 is 17.9 Å². The van der Waals surface area contributed by atoms with Crippen LogP contribution in [0, 0.1) is 11.3 Å². The number of hydrogen-bond donors (Lipinski definition) is 1. The van der Waals surface area contributed by atoms with E-state index in [0.717, 1.165) is 0 Å². The number of carbonyl (C=O) groups is 1. The Morgan fingerprint density at radius 3 is 2.67 bits per heavy atom. The van der Waals surface area contributed by atoms with Crippen LogP contribution in [0.2, 0.25) is 0 Å². The Hall–Kier alpha value is -2.25. The van der Waals surface area contributed by atoms with E-state index in [9.17, 15) is 13.2 Å². The number of nitriles is 1. The predicted molar refractivity (Wildman–Crippen MR) is 102 cm³/mol. The molecule has 1 saturated heterocycles. The molecule has 1 aromatic heterocycles. The van der Waals surface area contributed by atoms with Crippen LogP contribution in [-0.2, 0) is 14.8 Å². The molecule has 1 fully saturated rings. The van der Waals surface area contributed by atoms with Gasteiger partial charge in [0.25, 0.3) is 5.91 Å². The number of sulfonamides is 1. The van der Waals surface area contributed by atoms with E-state index in [1.54, 1.807) is 17.5 Å². The zero-order valence-corrected chi connectivity index (χ0v) is 16.5. The summed E-state index contributed by atoms with van der Waals surface area (Å²) in [6, 6.07) is 9.52. The zero-order chi connectivity index (χ0) is 19.6. The number of thiophene rings is 1. The van der Waals surface area contributed by atoms with Crippen molar-refractivity contribution in [1.29, 1.82) is 5.26 Å². The standard InChI is InChI=1S/C18H19N3O4S2/c1-12-10-21(11-13(2)25-12)27(23,24)16-5-3-4-14(8-16)17(22)20-18-15(9-19)6-7-26-18/h3-8,12-13H,10-11H2,1-2H3,(H,20,22). The number of ether oxygens (including phenoxy) is 1. The van der Waals surface area contributed by atoms with Crippen LogP contribution in [0.25, 0.3) is 0 Å². The first kappa shape index (κ1) is 19.5. The minimum Gasteiger partial charge on any atom is -0.373 e. The first-order valence-corrected chi connectivity index (χ1v) is 10.7. The van der Waals surface area contributed by atoms with Gasteiger partial charge in [0, 0.05) is 18.7 Å². The summed E-state index contributed by atoms with van der Waals surface area (Å²) in [7, 11) is -3.74. The molecule has 9 heteroatoms. The molecule has 1 amide bonds. The number of hydrogen-bond acceptors (Lipinski definition) is 6. The van der Waals surface area contributed by atoms with Crippen LogP contribution in [0.1, 0.15) is 29.8 Å². The van der Waals surface area contributed by atoms with E-state index in [0.29, 0.717) is 10.6 Å². The van der Waals surface area contributed by atoms with Gasteiger partial charge in [0.15, 0.2) is 0 Å². The molecular formula is C18H19N3O4S2. The summed E-state index contributed by atoms with van der Waals surface area (Å²) in [4.78, 5) is 12.6. The van der Waals surface area contributed by atoms with Crippen LogP contribution in [0.3, 0.4) is 0 Å². The van der Waals surface area contributed by atoms with Crippen molar-refractivity contribution in [1.82, 2.24) is 4.31 Å². The fourth-order valence-electron chi connectivity index (χ4n) is 2.94. The van der Waals surface area contributed by atoms with Gasteiger partial charge in [0.1, 0.15) is 11.1 Å². The molecule has 1 N–H and O–H groups in total. The smallest absolute Gasteiger partial charge is 0.256 e. The van der Waals surface area contributed by atoms with Gasteiger partial charge in [-0.05, 0) is 43.5 Å². The lowest BCUT2D eigenvalue weighted by atomic mass is 10.2. The Morgan fingerprint density at radius 2 is 2.00 bits per heavy atom. The van der Waals surface area contributed by atoms with Crippen LogP contribution in [0.4, 0.5) is 5.00 Å². The minimum absolute atomic E-state index is 0.0585. The summed E-state index contributed by atoms with van der Waals surface area (Å²) in [5, 5.41) is 13.8. The average Bonchev–Trinajstić information content (AvgIpc) is 3.08. The Morgan fingerprint density at radius 1 is 1.30 bits per heavy atom. The molecule has 2 heterocycles. The van der Waals surface area contributed by atoms with Crippen molar-refractivity contribution in [2.24, 2.45) is 0 Å². The molecule has 2 atom stereocenters. The molecule has 0 saturated carbocycles. The molecule has 1 aromatic carbocycles. The molecule has 1 aliphatic heterocycles. The third-order valence-corrected chi connectivity index (χ3v) is 6.79. The molecule has 2 unspecified atom stereocenters. The SMILES string of the molecule is CC1CN(S(=O)(=O)c2cccc(C(=O)Nc3sccc3C#N)c2)CC(C)O1. The highest BCUT2D eigenvalue weighted by Crippen LogP contribution is 2.25. The van der Waals surface area contributed by atoms with Gasteiger partial charge in [0.2, 0.25) is 10.0 Å². The normalized spacial score (nSPS) is 20.8. The summed E-state index contributed by atoms with van der Waals surface area (Å²) >= 11 is 1.24. The van der Waals surface area contributed by atoms with Gasteiger partial charge >= 0.3 is 0 Å². The first-order valence-electron chi connectivity index (χ1n) is 8.36. The van der Waals surface area contributed by atoms with Crippen LogP contribution in [-0.4, -0.2) is 43.9 Å². The summed E-state index contributed by atoms with van der Waals surface area (Å²) < 4.78 is 32.9. The van der Waals surface area contributed by atoms with E-state index in [-0.39, 0.29) is 35.8 Å². The van der Waals surface area contributed by atoms with E-state index in [1.165, 1.54) is 33.8 Å². The number of rotatable bonds is 4. The van der Waals surface area contributed by atoms with Crippen molar-refractivity contribution in [2.75, 3.05) is 18.4 Å². The Labute approximate surface area is 162 Å². The number of anilines is 1. The molecule has 142 valence electrons. The van der Waals surface area contributed by atoms with Crippen molar-refractivity contribution in [3.63, 3.8) is 0 Å². The highest BCUT2D eigenvalue weighted by atomic mass is 32.2. The lowest BCUT2D eigenvalue weighted by molar-refractivity contribution is -0.0440. The summed E-state index contributed by atoms with van der Waals surface area (Å²) in [5.41, 5.74) is 0.580. The van der Waals surface area contributed by atoms with Gasteiger partial charge in [-0.25, -0.2) is 8.42 Å². The van der Waals surface area contributed by atoms with Crippen molar-refractivity contribution in [3.8, 4) is 6.07 Å². The van der Waals surface area contributed by atoms with Crippen LogP contribution in [0.5, 0.6) is 0 Å². The average molecular weight is 406 g/mol. The molecule has 7 nitrogen and oxygen atoms in total. The Bertz CT molecular complexity index is 984. The number of nitrogens with one attached hydrogen (secondary N) is 1. The number of carbonyl (C=O) groups excluding carboxylic acids is 1. The topological polar surface area (TPSA) is 99.5 Å². The Kier molecular flexibility index (Phi) is 5.62. The molecule has 0 bridgehead atoms. The van der Waals surface area contributed by atoms with E-state index in [2.05, 4.69) is 5.32 Å². The second kappa shape index (κ2) is 7.78. The van der Waals surface area contributed by atoms with Crippen LogP contribution in [0.15, 0.2) is 40.6 Å². The monoisotopic (exact) mass is 405 g/mol. The van der Waals surface area contributed by atoms with Gasteiger partial charge in [-0.2, -0.15) is 9.57 Å². The number of nitrogens with zero attached hydrogens (tertiary/aromatic N) is 2. The van der Waals surface area contributed by atoms with E-state index in [1.807, 2.05) is 19.9 Å². The fourth-order valence-corrected chi connectivity index (χ4v) is 5.31. The molecule has 3 rings (SSSR count). The maximum absolute atomic E-state index is 13.0. The van der Waals surface area contributed by atoms with E-state index < -0.39 is 15.9 Å². The van der Waals surface area contributed by atoms with Crippen molar-refractivity contribution in [3.05, 3.63) is 46.8 Å². The molecular weight excluding hydrogens is 386 g/mol. The Balaban J connectivity index is 1.84. The lowest BCUT2D eigenvalue weighted by Crippen LogP contribution is -2.48. The predicted octanol–water partition coefficient (Wildman–Crippen LogP) is 2.67. The van der Waals surface area contributed by atoms with Gasteiger partial charge < -0.3 is 10.1 Å². The minimum atomic E-state index is -3.74. The number of benzene rings is 1. The van der Waals surface area contributed by atoms with Crippen LogP contribution < -0.4 is 5.32 Å².